The average molecular weight is 296 g/mol. The molecule has 0 aromatic rings. The van der Waals surface area contributed by atoms with Gasteiger partial charge in [-0.3, -0.25) is 4.79 Å². The van der Waals surface area contributed by atoms with E-state index in [1.54, 1.807) is 0 Å². The van der Waals surface area contributed by atoms with Crippen molar-refractivity contribution in [3.8, 4) is 0 Å². The average Bonchev–Trinajstić information content (AvgIpc) is 2.42. The number of amides is 2. The predicted molar refractivity (Wildman–Crippen MR) is 81.1 cm³/mol. The summed E-state index contributed by atoms with van der Waals surface area (Å²) in [6.45, 7) is 4.56. The third-order valence-corrected chi connectivity index (χ3v) is 5.09. The van der Waals surface area contributed by atoms with E-state index in [4.69, 9.17) is 5.11 Å². The van der Waals surface area contributed by atoms with Crippen molar-refractivity contribution in [2.24, 2.45) is 11.3 Å². The highest BCUT2D eigenvalue weighted by Gasteiger charge is 2.29. The van der Waals surface area contributed by atoms with Crippen LogP contribution in [0.25, 0.3) is 0 Å². The van der Waals surface area contributed by atoms with Gasteiger partial charge < -0.3 is 15.7 Å². The fourth-order valence-corrected chi connectivity index (χ4v) is 3.44. The second-order valence-corrected chi connectivity index (χ2v) is 7.44. The van der Waals surface area contributed by atoms with E-state index in [1.165, 1.54) is 0 Å². The first-order valence-electron chi connectivity index (χ1n) is 8.15. The molecule has 0 atom stereocenters. The molecule has 0 spiro atoms. The molecule has 0 heterocycles. The van der Waals surface area contributed by atoms with Crippen molar-refractivity contribution >= 4 is 12.0 Å². The normalized spacial score (nSPS) is 29.6. The van der Waals surface area contributed by atoms with Crippen molar-refractivity contribution in [2.45, 2.75) is 77.3 Å². The zero-order valence-corrected chi connectivity index (χ0v) is 13.2. The number of hydrogen-bond donors (Lipinski definition) is 3. The minimum absolute atomic E-state index is 0.0847. The molecule has 2 amide bonds. The quantitative estimate of drug-likeness (QED) is 0.749. The molecule has 120 valence electrons. The van der Waals surface area contributed by atoms with E-state index in [2.05, 4.69) is 24.5 Å². The highest BCUT2D eigenvalue weighted by atomic mass is 16.4. The van der Waals surface area contributed by atoms with Crippen LogP contribution in [0.1, 0.15) is 65.2 Å². The molecule has 0 bridgehead atoms. The summed E-state index contributed by atoms with van der Waals surface area (Å²) in [7, 11) is 0. The largest absolute Gasteiger partial charge is 0.481 e. The Hall–Kier alpha value is -1.26. The van der Waals surface area contributed by atoms with Gasteiger partial charge in [-0.25, -0.2) is 4.79 Å². The SMILES string of the molecule is CC1(C)CCC(NC(=O)NC2CCC(C(=O)O)CC2)CC1. The molecule has 0 saturated heterocycles. The van der Waals surface area contributed by atoms with Gasteiger partial charge in [-0.1, -0.05) is 13.8 Å². The van der Waals surface area contributed by atoms with E-state index in [1.807, 2.05) is 0 Å². The number of carboxylic acids is 1. The fourth-order valence-electron chi connectivity index (χ4n) is 3.44. The molecular formula is C16H28N2O3. The highest BCUT2D eigenvalue weighted by Crippen LogP contribution is 2.35. The van der Waals surface area contributed by atoms with Gasteiger partial charge in [0.05, 0.1) is 5.92 Å². The lowest BCUT2D eigenvalue weighted by Gasteiger charge is -2.35. The van der Waals surface area contributed by atoms with E-state index in [-0.39, 0.29) is 24.0 Å². The first-order chi connectivity index (χ1) is 9.85. The van der Waals surface area contributed by atoms with Gasteiger partial charge in [0.1, 0.15) is 0 Å². The van der Waals surface area contributed by atoms with Crippen molar-refractivity contribution < 1.29 is 14.7 Å². The molecule has 0 unspecified atom stereocenters. The monoisotopic (exact) mass is 296 g/mol. The molecule has 2 saturated carbocycles. The lowest BCUT2D eigenvalue weighted by molar-refractivity contribution is -0.142. The van der Waals surface area contributed by atoms with Crippen LogP contribution in [0.2, 0.25) is 0 Å². The van der Waals surface area contributed by atoms with Crippen LogP contribution in [0, 0.1) is 11.3 Å². The summed E-state index contributed by atoms with van der Waals surface area (Å²) in [6, 6.07) is 0.326. The van der Waals surface area contributed by atoms with Crippen LogP contribution in [-0.4, -0.2) is 29.2 Å². The number of carbonyl (C=O) groups excluding carboxylic acids is 1. The Morgan fingerprint density at radius 3 is 1.86 bits per heavy atom. The zero-order chi connectivity index (χ0) is 15.5. The first kappa shape index (κ1) is 16.1. The van der Waals surface area contributed by atoms with Crippen LogP contribution in [0.15, 0.2) is 0 Å². The van der Waals surface area contributed by atoms with Crippen molar-refractivity contribution in [3.63, 3.8) is 0 Å². The van der Waals surface area contributed by atoms with Crippen molar-refractivity contribution in [2.75, 3.05) is 0 Å². The maximum absolute atomic E-state index is 12.0. The van der Waals surface area contributed by atoms with Crippen LogP contribution in [0.3, 0.4) is 0 Å². The number of carboxylic acid groups (broad SMARTS) is 1. The van der Waals surface area contributed by atoms with Crippen LogP contribution in [0.5, 0.6) is 0 Å². The van der Waals surface area contributed by atoms with Crippen LogP contribution in [0.4, 0.5) is 4.79 Å². The molecule has 2 aliphatic rings. The summed E-state index contributed by atoms with van der Waals surface area (Å²) in [5.41, 5.74) is 0.407. The molecule has 3 N–H and O–H groups in total. The van der Waals surface area contributed by atoms with Crippen molar-refractivity contribution in [1.29, 1.82) is 0 Å². The van der Waals surface area contributed by atoms with E-state index >= 15 is 0 Å². The first-order valence-corrected chi connectivity index (χ1v) is 8.15. The van der Waals surface area contributed by atoms with Gasteiger partial charge in [0.25, 0.3) is 0 Å². The van der Waals surface area contributed by atoms with E-state index in [0.717, 1.165) is 38.5 Å². The topological polar surface area (TPSA) is 78.4 Å². The maximum atomic E-state index is 12.0. The van der Waals surface area contributed by atoms with Gasteiger partial charge >= 0.3 is 12.0 Å². The van der Waals surface area contributed by atoms with Crippen LogP contribution < -0.4 is 10.6 Å². The van der Waals surface area contributed by atoms with Gasteiger partial charge in [0.2, 0.25) is 0 Å². The standard InChI is InChI=1S/C16H28N2O3/c1-16(2)9-7-13(8-10-16)18-15(21)17-12-5-3-11(4-6-12)14(19)20/h11-13H,3-10H2,1-2H3,(H,19,20)(H2,17,18,21). The van der Waals surface area contributed by atoms with Crippen LogP contribution >= 0.6 is 0 Å². The molecule has 5 heteroatoms. The Balaban J connectivity index is 1.68. The van der Waals surface area contributed by atoms with E-state index < -0.39 is 5.97 Å². The summed E-state index contributed by atoms with van der Waals surface area (Å²) in [5.74, 6) is -0.936. The summed E-state index contributed by atoms with van der Waals surface area (Å²) in [5, 5.41) is 15.0. The number of rotatable bonds is 3. The summed E-state index contributed by atoms with van der Waals surface area (Å²) >= 11 is 0. The summed E-state index contributed by atoms with van der Waals surface area (Å²) in [6.07, 6.45) is 7.27. The zero-order valence-electron chi connectivity index (χ0n) is 13.2. The van der Waals surface area contributed by atoms with Gasteiger partial charge in [0.15, 0.2) is 0 Å². The number of hydrogen-bond acceptors (Lipinski definition) is 2. The van der Waals surface area contributed by atoms with Gasteiger partial charge in [0, 0.05) is 12.1 Å². The molecule has 2 fully saturated rings. The highest BCUT2D eigenvalue weighted by molar-refractivity contribution is 5.74. The number of nitrogens with one attached hydrogen (secondary N) is 2. The van der Waals surface area contributed by atoms with Gasteiger partial charge in [-0.15, -0.1) is 0 Å². The Labute approximate surface area is 126 Å². The summed E-state index contributed by atoms with van der Waals surface area (Å²) < 4.78 is 0. The molecule has 21 heavy (non-hydrogen) atoms. The van der Waals surface area contributed by atoms with Gasteiger partial charge in [-0.05, 0) is 56.8 Å². The van der Waals surface area contributed by atoms with E-state index in [0.29, 0.717) is 18.3 Å². The van der Waals surface area contributed by atoms with Crippen molar-refractivity contribution in [1.82, 2.24) is 10.6 Å². The smallest absolute Gasteiger partial charge is 0.315 e. The number of aliphatic carboxylic acids is 1. The molecule has 0 aromatic heterocycles. The fraction of sp³-hybridized carbons (Fsp3) is 0.875. The maximum Gasteiger partial charge on any atom is 0.315 e. The summed E-state index contributed by atoms with van der Waals surface area (Å²) in [4.78, 5) is 22.9. The lowest BCUT2D eigenvalue weighted by Crippen LogP contribution is -2.48. The third-order valence-electron chi connectivity index (χ3n) is 5.09. The molecule has 0 aromatic carbocycles. The number of urea groups is 1. The Morgan fingerprint density at radius 2 is 1.38 bits per heavy atom. The van der Waals surface area contributed by atoms with Gasteiger partial charge in [-0.2, -0.15) is 0 Å². The second-order valence-electron chi connectivity index (χ2n) is 7.44. The Morgan fingerprint density at radius 1 is 0.905 bits per heavy atom. The third kappa shape index (κ3) is 4.90. The number of carbonyl (C=O) groups is 2. The minimum atomic E-state index is -0.706. The molecule has 0 radical (unpaired) electrons. The molecule has 2 rings (SSSR count). The Bertz CT molecular complexity index is 377. The van der Waals surface area contributed by atoms with Crippen molar-refractivity contribution in [3.05, 3.63) is 0 Å². The second kappa shape index (κ2) is 6.67. The molecule has 2 aliphatic carbocycles. The minimum Gasteiger partial charge on any atom is -0.481 e. The molecule has 5 nitrogen and oxygen atoms in total. The predicted octanol–water partition coefficient (Wildman–Crippen LogP) is 2.90. The lowest BCUT2D eigenvalue weighted by atomic mass is 9.75. The Kier molecular flexibility index (Phi) is 5.12. The van der Waals surface area contributed by atoms with Crippen LogP contribution in [-0.2, 0) is 4.79 Å². The molecule has 0 aliphatic heterocycles. The van der Waals surface area contributed by atoms with E-state index in [9.17, 15) is 9.59 Å². The molecular weight excluding hydrogens is 268 g/mol.